The van der Waals surface area contributed by atoms with E-state index < -0.39 is 0 Å². The van der Waals surface area contributed by atoms with Crippen molar-refractivity contribution >= 4 is 17.7 Å². The molecule has 1 fully saturated rings. The Labute approximate surface area is 112 Å². The number of hydrogen-bond acceptors (Lipinski definition) is 5. The summed E-state index contributed by atoms with van der Waals surface area (Å²) in [4.78, 5) is 25.3. The highest BCUT2D eigenvalue weighted by atomic mass is 32.2. The van der Waals surface area contributed by atoms with Gasteiger partial charge in [-0.15, -0.1) is 11.8 Å². The maximum Gasteiger partial charge on any atom is 0.230 e. The molecule has 2 rings (SSSR count). The standard InChI is InChI=1S/C12H18N4OS/c1-15(2)9-7-16(8-9)12(17)4-11-13-5-10(18-3)6-14-11/h5-6,9H,4,7-8H2,1-3H3. The summed E-state index contributed by atoms with van der Waals surface area (Å²) in [5, 5.41) is 0. The molecule has 5 nitrogen and oxygen atoms in total. The molecule has 1 aromatic heterocycles. The topological polar surface area (TPSA) is 49.3 Å². The number of hydrogen-bond donors (Lipinski definition) is 0. The van der Waals surface area contributed by atoms with Gasteiger partial charge >= 0.3 is 0 Å². The molecule has 0 saturated carbocycles. The van der Waals surface area contributed by atoms with Gasteiger partial charge in [-0.25, -0.2) is 9.97 Å². The smallest absolute Gasteiger partial charge is 0.230 e. The molecule has 1 saturated heterocycles. The molecule has 0 unspecified atom stereocenters. The van der Waals surface area contributed by atoms with Crippen LogP contribution < -0.4 is 0 Å². The largest absolute Gasteiger partial charge is 0.339 e. The highest BCUT2D eigenvalue weighted by molar-refractivity contribution is 7.98. The molecule has 0 spiro atoms. The molecule has 18 heavy (non-hydrogen) atoms. The predicted octanol–water partition coefficient (Wildman–Crippen LogP) is 0.513. The van der Waals surface area contributed by atoms with E-state index in [4.69, 9.17) is 0 Å². The van der Waals surface area contributed by atoms with E-state index in [9.17, 15) is 4.79 Å². The second-order valence-corrected chi connectivity index (χ2v) is 5.51. The van der Waals surface area contributed by atoms with E-state index in [-0.39, 0.29) is 5.91 Å². The van der Waals surface area contributed by atoms with Gasteiger partial charge in [0.25, 0.3) is 0 Å². The minimum atomic E-state index is 0.116. The zero-order chi connectivity index (χ0) is 13.1. The molecule has 0 radical (unpaired) electrons. The molecule has 1 amide bonds. The summed E-state index contributed by atoms with van der Waals surface area (Å²) in [6, 6.07) is 0.494. The van der Waals surface area contributed by atoms with Crippen LogP contribution in [0.4, 0.5) is 0 Å². The van der Waals surface area contributed by atoms with Gasteiger partial charge in [0.05, 0.1) is 6.42 Å². The number of likely N-dealkylation sites (N-methyl/N-ethyl adjacent to an activating group) is 1. The zero-order valence-electron chi connectivity index (χ0n) is 11.0. The number of aromatic nitrogens is 2. The lowest BCUT2D eigenvalue weighted by Gasteiger charge is -2.42. The summed E-state index contributed by atoms with van der Waals surface area (Å²) in [6.07, 6.45) is 5.80. The molecule has 6 heteroatoms. The zero-order valence-corrected chi connectivity index (χ0v) is 11.8. The van der Waals surface area contributed by atoms with E-state index in [2.05, 4.69) is 14.9 Å². The molecule has 1 aromatic rings. The number of thioether (sulfide) groups is 1. The lowest BCUT2D eigenvalue weighted by molar-refractivity contribution is -0.137. The predicted molar refractivity (Wildman–Crippen MR) is 71.6 cm³/mol. The normalized spacial score (nSPS) is 15.9. The van der Waals surface area contributed by atoms with Crippen molar-refractivity contribution < 1.29 is 4.79 Å². The molecule has 0 bridgehead atoms. The van der Waals surface area contributed by atoms with Gasteiger partial charge in [0, 0.05) is 36.4 Å². The van der Waals surface area contributed by atoms with Crippen LogP contribution in [0.1, 0.15) is 5.82 Å². The second kappa shape index (κ2) is 5.67. The van der Waals surface area contributed by atoms with Gasteiger partial charge in [-0.1, -0.05) is 0 Å². The summed E-state index contributed by atoms with van der Waals surface area (Å²) < 4.78 is 0. The minimum absolute atomic E-state index is 0.116. The Hall–Kier alpha value is -1.14. The lowest BCUT2D eigenvalue weighted by Crippen LogP contribution is -2.59. The Morgan fingerprint density at radius 3 is 2.56 bits per heavy atom. The number of carbonyl (C=O) groups excluding carboxylic acids is 1. The van der Waals surface area contributed by atoms with Crippen molar-refractivity contribution in [3.63, 3.8) is 0 Å². The quantitative estimate of drug-likeness (QED) is 0.743. The van der Waals surface area contributed by atoms with Crippen molar-refractivity contribution in [2.75, 3.05) is 33.4 Å². The summed E-state index contributed by atoms with van der Waals surface area (Å²) in [6.45, 7) is 1.63. The first kappa shape index (κ1) is 13.3. The number of amides is 1. The van der Waals surface area contributed by atoms with Crippen LogP contribution in [-0.4, -0.2) is 65.2 Å². The van der Waals surface area contributed by atoms with Crippen molar-refractivity contribution in [1.82, 2.24) is 19.8 Å². The Morgan fingerprint density at radius 2 is 2.06 bits per heavy atom. The molecule has 0 N–H and O–H groups in total. The summed E-state index contributed by atoms with van der Waals surface area (Å²) in [5.41, 5.74) is 0. The fourth-order valence-electron chi connectivity index (χ4n) is 1.77. The molecule has 98 valence electrons. The highest BCUT2D eigenvalue weighted by Gasteiger charge is 2.31. The maximum absolute atomic E-state index is 11.9. The Balaban J connectivity index is 1.84. The van der Waals surface area contributed by atoms with Crippen LogP contribution in [-0.2, 0) is 11.2 Å². The third-order valence-corrected chi connectivity index (χ3v) is 3.85. The van der Waals surface area contributed by atoms with Gasteiger partial charge in [-0.05, 0) is 20.4 Å². The third kappa shape index (κ3) is 3.00. The molecule has 0 aromatic carbocycles. The number of nitrogens with zero attached hydrogens (tertiary/aromatic N) is 4. The van der Waals surface area contributed by atoms with E-state index >= 15 is 0 Å². The number of rotatable bonds is 4. The monoisotopic (exact) mass is 266 g/mol. The van der Waals surface area contributed by atoms with Crippen LogP contribution >= 0.6 is 11.8 Å². The molecule has 1 aliphatic heterocycles. The Kier molecular flexibility index (Phi) is 4.19. The molecule has 2 heterocycles. The summed E-state index contributed by atoms with van der Waals surface area (Å²) >= 11 is 1.60. The fraction of sp³-hybridized carbons (Fsp3) is 0.583. The average Bonchev–Trinajstić information content (AvgIpc) is 2.27. The van der Waals surface area contributed by atoms with E-state index in [0.717, 1.165) is 18.0 Å². The van der Waals surface area contributed by atoms with Crippen molar-refractivity contribution in [2.24, 2.45) is 0 Å². The van der Waals surface area contributed by atoms with Crippen molar-refractivity contribution in [2.45, 2.75) is 17.4 Å². The Morgan fingerprint density at radius 1 is 1.44 bits per heavy atom. The van der Waals surface area contributed by atoms with E-state index in [1.54, 1.807) is 24.2 Å². The third-order valence-electron chi connectivity index (χ3n) is 3.17. The molecule has 0 aliphatic carbocycles. The van der Waals surface area contributed by atoms with E-state index in [1.807, 2.05) is 25.3 Å². The summed E-state index contributed by atoms with van der Waals surface area (Å²) in [7, 11) is 4.08. The van der Waals surface area contributed by atoms with Crippen LogP contribution in [0.2, 0.25) is 0 Å². The number of carbonyl (C=O) groups is 1. The first-order valence-electron chi connectivity index (χ1n) is 5.89. The molecular formula is C12H18N4OS. The van der Waals surface area contributed by atoms with Crippen LogP contribution in [0.25, 0.3) is 0 Å². The van der Waals surface area contributed by atoms with Gasteiger partial charge < -0.3 is 9.80 Å². The molecule has 0 atom stereocenters. The van der Waals surface area contributed by atoms with Gasteiger partial charge in [0.15, 0.2) is 0 Å². The van der Waals surface area contributed by atoms with Crippen LogP contribution in [0.15, 0.2) is 17.3 Å². The number of likely N-dealkylation sites (tertiary alicyclic amines) is 1. The lowest BCUT2D eigenvalue weighted by atomic mass is 10.1. The van der Waals surface area contributed by atoms with Gasteiger partial charge in [0.2, 0.25) is 5.91 Å². The van der Waals surface area contributed by atoms with Crippen LogP contribution in [0.5, 0.6) is 0 Å². The van der Waals surface area contributed by atoms with Gasteiger partial charge in [-0.3, -0.25) is 4.79 Å². The highest BCUT2D eigenvalue weighted by Crippen LogP contribution is 2.14. The van der Waals surface area contributed by atoms with E-state index in [1.165, 1.54) is 0 Å². The van der Waals surface area contributed by atoms with Crippen molar-refractivity contribution in [3.05, 3.63) is 18.2 Å². The van der Waals surface area contributed by atoms with Crippen molar-refractivity contribution in [3.8, 4) is 0 Å². The SMILES string of the molecule is CSc1cnc(CC(=O)N2CC(N(C)C)C2)nc1. The first-order valence-corrected chi connectivity index (χ1v) is 7.11. The minimum Gasteiger partial charge on any atom is -0.339 e. The Bertz CT molecular complexity index is 415. The van der Waals surface area contributed by atoms with Crippen LogP contribution in [0, 0.1) is 0 Å². The average molecular weight is 266 g/mol. The second-order valence-electron chi connectivity index (χ2n) is 4.63. The van der Waals surface area contributed by atoms with Crippen molar-refractivity contribution in [1.29, 1.82) is 0 Å². The van der Waals surface area contributed by atoms with Gasteiger partial charge in [0.1, 0.15) is 5.82 Å². The first-order chi connectivity index (χ1) is 8.60. The van der Waals surface area contributed by atoms with E-state index in [0.29, 0.717) is 18.3 Å². The molecular weight excluding hydrogens is 248 g/mol. The molecule has 1 aliphatic rings. The maximum atomic E-state index is 11.9. The summed E-state index contributed by atoms with van der Waals surface area (Å²) in [5.74, 6) is 0.719. The van der Waals surface area contributed by atoms with Crippen LogP contribution in [0.3, 0.4) is 0 Å². The van der Waals surface area contributed by atoms with Gasteiger partial charge in [-0.2, -0.15) is 0 Å². The fourth-order valence-corrected chi connectivity index (χ4v) is 2.09.